The van der Waals surface area contributed by atoms with Crippen LogP contribution in [0.5, 0.6) is 0 Å². The minimum absolute atomic E-state index is 0. The molecule has 5 nitrogen and oxygen atoms in total. The fourth-order valence-corrected chi connectivity index (χ4v) is 4.73. The minimum atomic E-state index is 0. The first kappa shape index (κ1) is 21.9. The average molecular weight is 492 g/mol. The second-order valence-electron chi connectivity index (χ2n) is 7.25. The maximum absolute atomic E-state index is 5.64. The maximum atomic E-state index is 5.64. The van der Waals surface area contributed by atoms with Crippen molar-refractivity contribution >= 4 is 41.3 Å². The third-order valence-corrected chi connectivity index (χ3v) is 6.72. The normalized spacial score (nSPS) is 21.8. The number of thiophene rings is 1. The monoisotopic (exact) mass is 492 g/mol. The fourth-order valence-electron chi connectivity index (χ4n) is 3.94. The Kier molecular flexibility index (Phi) is 9.12. The molecule has 2 aliphatic heterocycles. The van der Waals surface area contributed by atoms with Gasteiger partial charge in [-0.25, -0.2) is 0 Å². The zero-order valence-electron chi connectivity index (χ0n) is 16.0. The van der Waals surface area contributed by atoms with Crippen molar-refractivity contribution in [2.24, 2.45) is 4.99 Å². The first-order chi connectivity index (χ1) is 12.2. The Bertz CT molecular complexity index is 540. The van der Waals surface area contributed by atoms with E-state index in [9.17, 15) is 0 Å². The zero-order valence-corrected chi connectivity index (χ0v) is 19.1. The summed E-state index contributed by atoms with van der Waals surface area (Å²) in [6.07, 6.45) is 4.88. The van der Waals surface area contributed by atoms with Crippen LogP contribution in [0.2, 0.25) is 0 Å². The van der Waals surface area contributed by atoms with E-state index in [1.165, 1.54) is 30.8 Å². The van der Waals surface area contributed by atoms with Gasteiger partial charge in [0.2, 0.25) is 0 Å². The number of nitrogens with one attached hydrogen (secondary N) is 2. The van der Waals surface area contributed by atoms with E-state index in [0.29, 0.717) is 5.92 Å². The molecule has 0 spiro atoms. The number of likely N-dealkylation sites (tertiary alicyclic amines) is 1. The standard InChI is InChI=1S/C19H32N4OS.HI/c1-16(17-6-5-13-25-17)14-21-18(20-2)22-15-19(7-11-24-12-8-19)23-9-3-4-10-23;/h5-6,13,16H,3-4,7-12,14-15H2,1-2H3,(H2,20,21,22);1H. The topological polar surface area (TPSA) is 48.9 Å². The molecule has 1 atom stereocenters. The molecular formula is C19H33IN4OS. The Hall–Kier alpha value is -0.380. The first-order valence-corrected chi connectivity index (χ1v) is 10.4. The van der Waals surface area contributed by atoms with E-state index in [1.54, 1.807) is 0 Å². The van der Waals surface area contributed by atoms with Gasteiger partial charge in [-0.15, -0.1) is 35.3 Å². The van der Waals surface area contributed by atoms with Crippen LogP contribution in [0.3, 0.4) is 0 Å². The number of halogens is 1. The summed E-state index contributed by atoms with van der Waals surface area (Å²) in [6.45, 7) is 8.31. The van der Waals surface area contributed by atoms with E-state index in [1.807, 2.05) is 18.4 Å². The van der Waals surface area contributed by atoms with E-state index < -0.39 is 0 Å². The van der Waals surface area contributed by atoms with Crippen molar-refractivity contribution in [1.29, 1.82) is 0 Å². The summed E-state index contributed by atoms with van der Waals surface area (Å²) in [5, 5.41) is 9.25. The van der Waals surface area contributed by atoms with Crippen LogP contribution in [0.4, 0.5) is 0 Å². The lowest BCUT2D eigenvalue weighted by atomic mass is 9.88. The summed E-state index contributed by atoms with van der Waals surface area (Å²) in [5.74, 6) is 1.41. The molecule has 1 unspecified atom stereocenters. The molecule has 2 N–H and O–H groups in total. The van der Waals surface area contributed by atoms with Crippen molar-refractivity contribution in [2.75, 3.05) is 46.4 Å². The molecule has 0 aliphatic carbocycles. The molecule has 2 saturated heterocycles. The molecule has 3 heterocycles. The summed E-state index contributed by atoms with van der Waals surface area (Å²) >= 11 is 1.82. The molecular weight excluding hydrogens is 459 g/mol. The number of guanidine groups is 1. The molecule has 0 amide bonds. The minimum Gasteiger partial charge on any atom is -0.381 e. The molecule has 3 rings (SSSR count). The van der Waals surface area contributed by atoms with Crippen molar-refractivity contribution in [3.8, 4) is 0 Å². The van der Waals surface area contributed by atoms with Gasteiger partial charge in [-0.2, -0.15) is 0 Å². The molecule has 1 aromatic heterocycles. The zero-order chi connectivity index (χ0) is 17.5. The number of aliphatic imine (C=N–C) groups is 1. The molecule has 7 heteroatoms. The number of hydrogen-bond acceptors (Lipinski definition) is 4. The number of hydrogen-bond donors (Lipinski definition) is 2. The number of rotatable bonds is 6. The van der Waals surface area contributed by atoms with Gasteiger partial charge in [-0.05, 0) is 50.2 Å². The third-order valence-electron chi connectivity index (χ3n) is 5.61. The summed E-state index contributed by atoms with van der Waals surface area (Å²) in [7, 11) is 1.86. The molecule has 2 fully saturated rings. The number of nitrogens with zero attached hydrogens (tertiary/aromatic N) is 2. The highest BCUT2D eigenvalue weighted by molar-refractivity contribution is 14.0. The first-order valence-electron chi connectivity index (χ1n) is 9.54. The van der Waals surface area contributed by atoms with E-state index in [4.69, 9.17) is 4.74 Å². The Morgan fingerprint density at radius 2 is 2.04 bits per heavy atom. The molecule has 0 bridgehead atoms. The van der Waals surface area contributed by atoms with Gasteiger partial charge in [0.15, 0.2) is 5.96 Å². The molecule has 0 radical (unpaired) electrons. The van der Waals surface area contributed by atoms with Crippen LogP contribution in [0.15, 0.2) is 22.5 Å². The van der Waals surface area contributed by atoms with Crippen molar-refractivity contribution in [1.82, 2.24) is 15.5 Å². The van der Waals surface area contributed by atoms with Crippen LogP contribution >= 0.6 is 35.3 Å². The van der Waals surface area contributed by atoms with Crippen molar-refractivity contribution in [3.63, 3.8) is 0 Å². The highest BCUT2D eigenvalue weighted by Crippen LogP contribution is 2.30. The average Bonchev–Trinajstić information content (AvgIpc) is 3.36. The summed E-state index contributed by atoms with van der Waals surface area (Å²) < 4.78 is 5.64. The van der Waals surface area contributed by atoms with E-state index in [0.717, 1.165) is 45.1 Å². The van der Waals surface area contributed by atoms with Crippen molar-refractivity contribution < 1.29 is 4.74 Å². The second-order valence-corrected chi connectivity index (χ2v) is 8.23. The Morgan fingerprint density at radius 1 is 1.31 bits per heavy atom. The number of ether oxygens (including phenoxy) is 1. The largest absolute Gasteiger partial charge is 0.381 e. The lowest BCUT2D eigenvalue weighted by molar-refractivity contribution is -0.0164. The van der Waals surface area contributed by atoms with Crippen LogP contribution in [0, 0.1) is 0 Å². The Labute approximate surface area is 179 Å². The summed E-state index contributed by atoms with van der Waals surface area (Å²) in [4.78, 5) is 8.53. The van der Waals surface area contributed by atoms with Crippen molar-refractivity contribution in [3.05, 3.63) is 22.4 Å². The third kappa shape index (κ3) is 5.56. The van der Waals surface area contributed by atoms with Gasteiger partial charge in [-0.3, -0.25) is 9.89 Å². The lowest BCUT2D eigenvalue weighted by Crippen LogP contribution is -2.58. The van der Waals surface area contributed by atoms with E-state index in [2.05, 4.69) is 45.0 Å². The van der Waals surface area contributed by atoms with Gasteiger partial charge < -0.3 is 15.4 Å². The highest BCUT2D eigenvalue weighted by Gasteiger charge is 2.39. The van der Waals surface area contributed by atoms with Crippen LogP contribution < -0.4 is 10.6 Å². The van der Waals surface area contributed by atoms with Crippen LogP contribution in [0.1, 0.15) is 43.4 Å². The predicted octanol–water partition coefficient (Wildman–Crippen LogP) is 3.28. The smallest absolute Gasteiger partial charge is 0.191 e. The second kappa shape index (κ2) is 10.8. The summed E-state index contributed by atoms with van der Waals surface area (Å²) in [6, 6.07) is 4.33. The molecule has 2 aliphatic rings. The van der Waals surface area contributed by atoms with Gasteiger partial charge in [-0.1, -0.05) is 13.0 Å². The van der Waals surface area contributed by atoms with Crippen molar-refractivity contribution in [2.45, 2.75) is 44.1 Å². The Balaban J connectivity index is 0.00000243. The maximum Gasteiger partial charge on any atom is 0.191 e. The van der Waals surface area contributed by atoms with Crippen LogP contribution in [-0.4, -0.2) is 62.8 Å². The van der Waals surface area contributed by atoms with E-state index >= 15 is 0 Å². The van der Waals surface area contributed by atoms with Crippen LogP contribution in [-0.2, 0) is 4.74 Å². The lowest BCUT2D eigenvalue weighted by Gasteiger charge is -2.45. The highest BCUT2D eigenvalue weighted by atomic mass is 127. The predicted molar refractivity (Wildman–Crippen MR) is 121 cm³/mol. The Morgan fingerprint density at radius 3 is 2.65 bits per heavy atom. The van der Waals surface area contributed by atoms with Gasteiger partial charge in [0.25, 0.3) is 0 Å². The summed E-state index contributed by atoms with van der Waals surface area (Å²) in [5.41, 5.74) is 0.228. The molecule has 26 heavy (non-hydrogen) atoms. The SMILES string of the molecule is CN=C(NCC(C)c1cccs1)NCC1(N2CCCC2)CCOCC1.I. The quantitative estimate of drug-likeness (QED) is 0.364. The van der Waals surface area contributed by atoms with Gasteiger partial charge in [0, 0.05) is 49.7 Å². The molecule has 1 aromatic rings. The fraction of sp³-hybridized carbons (Fsp3) is 0.737. The van der Waals surface area contributed by atoms with Gasteiger partial charge >= 0.3 is 0 Å². The van der Waals surface area contributed by atoms with E-state index in [-0.39, 0.29) is 29.5 Å². The molecule has 0 saturated carbocycles. The van der Waals surface area contributed by atoms with Gasteiger partial charge in [0.05, 0.1) is 0 Å². The van der Waals surface area contributed by atoms with Crippen LogP contribution in [0.25, 0.3) is 0 Å². The molecule has 148 valence electrons. The molecule has 0 aromatic carbocycles. The van der Waals surface area contributed by atoms with Gasteiger partial charge in [0.1, 0.15) is 0 Å².